The second-order valence-electron chi connectivity index (χ2n) is 3.39. The second-order valence-corrected chi connectivity index (χ2v) is 3.39. The summed E-state index contributed by atoms with van der Waals surface area (Å²) in [6.07, 6.45) is 2.52. The van der Waals surface area contributed by atoms with E-state index in [0.29, 0.717) is 0 Å². The van der Waals surface area contributed by atoms with Gasteiger partial charge in [-0.25, -0.2) is 0 Å². The Morgan fingerprint density at radius 2 is 2.00 bits per heavy atom. The van der Waals surface area contributed by atoms with Crippen molar-refractivity contribution in [2.75, 3.05) is 13.2 Å². The van der Waals surface area contributed by atoms with E-state index < -0.39 is 0 Å². The van der Waals surface area contributed by atoms with Crippen LogP contribution >= 0.6 is 0 Å². The van der Waals surface area contributed by atoms with Crippen LogP contribution in [0.25, 0.3) is 0 Å². The molecule has 11 heavy (non-hydrogen) atoms. The van der Waals surface area contributed by atoms with Crippen molar-refractivity contribution in [2.45, 2.75) is 39.7 Å². The number of hydrogen-bond acceptors (Lipinski definition) is 2. The Hall–Kier alpha value is -0.0800. The third-order valence-corrected chi connectivity index (χ3v) is 1.87. The van der Waals surface area contributed by atoms with Gasteiger partial charge in [0.1, 0.15) is 0 Å². The Morgan fingerprint density at radius 3 is 2.45 bits per heavy atom. The van der Waals surface area contributed by atoms with Gasteiger partial charge < -0.3 is 10.4 Å². The van der Waals surface area contributed by atoms with Gasteiger partial charge in [0.05, 0.1) is 6.61 Å². The molecule has 0 bridgehead atoms. The average molecular weight is 159 g/mol. The smallest absolute Gasteiger partial charge is 0.0581 e. The molecule has 0 aliphatic rings. The first-order valence-corrected chi connectivity index (χ1v) is 4.55. The second kappa shape index (κ2) is 6.62. The van der Waals surface area contributed by atoms with Crippen LogP contribution in [0.4, 0.5) is 0 Å². The third-order valence-electron chi connectivity index (χ3n) is 1.87. The van der Waals surface area contributed by atoms with Crippen molar-refractivity contribution in [3.63, 3.8) is 0 Å². The Labute approximate surface area is 70.0 Å². The molecule has 0 amide bonds. The molecular formula is C9H21NO. The van der Waals surface area contributed by atoms with Gasteiger partial charge in [-0.3, -0.25) is 0 Å². The molecule has 2 atom stereocenters. The first kappa shape index (κ1) is 10.9. The zero-order valence-corrected chi connectivity index (χ0v) is 7.93. The van der Waals surface area contributed by atoms with Gasteiger partial charge in [-0.15, -0.1) is 0 Å². The highest BCUT2D eigenvalue weighted by Crippen LogP contribution is 2.02. The lowest BCUT2D eigenvalue weighted by Crippen LogP contribution is -2.32. The summed E-state index contributed by atoms with van der Waals surface area (Å²) in [6.45, 7) is 7.69. The summed E-state index contributed by atoms with van der Waals surface area (Å²) in [6, 6.07) is 0.245. The molecule has 0 saturated carbocycles. The van der Waals surface area contributed by atoms with Crippen molar-refractivity contribution < 1.29 is 5.11 Å². The minimum absolute atomic E-state index is 0.235. The summed E-state index contributed by atoms with van der Waals surface area (Å²) < 4.78 is 0. The van der Waals surface area contributed by atoms with Crippen molar-refractivity contribution in [2.24, 2.45) is 5.92 Å². The van der Waals surface area contributed by atoms with Gasteiger partial charge in [0.2, 0.25) is 0 Å². The third kappa shape index (κ3) is 6.32. The Morgan fingerprint density at radius 1 is 1.36 bits per heavy atom. The average Bonchev–Trinajstić information content (AvgIpc) is 2.01. The van der Waals surface area contributed by atoms with Crippen LogP contribution in [0.1, 0.15) is 33.6 Å². The van der Waals surface area contributed by atoms with Crippen LogP contribution in [0.3, 0.4) is 0 Å². The highest BCUT2D eigenvalue weighted by atomic mass is 16.3. The fraction of sp³-hybridized carbons (Fsp3) is 1.00. The molecule has 0 rings (SSSR count). The molecular weight excluding hydrogens is 138 g/mol. The highest BCUT2D eigenvalue weighted by molar-refractivity contribution is 4.61. The lowest BCUT2D eigenvalue weighted by Gasteiger charge is -2.14. The summed E-state index contributed by atoms with van der Waals surface area (Å²) in [5.74, 6) is 0.731. The van der Waals surface area contributed by atoms with Gasteiger partial charge >= 0.3 is 0 Å². The normalized spacial score (nSPS) is 16.4. The van der Waals surface area contributed by atoms with Gasteiger partial charge in [-0.05, 0) is 25.8 Å². The number of aliphatic hydroxyl groups excluding tert-OH is 1. The summed E-state index contributed by atoms with van der Waals surface area (Å²) >= 11 is 0. The highest BCUT2D eigenvalue weighted by Gasteiger charge is 2.02. The van der Waals surface area contributed by atoms with Gasteiger partial charge in [0.25, 0.3) is 0 Å². The van der Waals surface area contributed by atoms with E-state index in [4.69, 9.17) is 5.11 Å². The van der Waals surface area contributed by atoms with E-state index in [1.54, 1.807) is 0 Å². The van der Waals surface area contributed by atoms with Crippen LogP contribution in [-0.4, -0.2) is 24.3 Å². The van der Waals surface area contributed by atoms with Crippen LogP contribution < -0.4 is 5.32 Å². The van der Waals surface area contributed by atoms with Crippen molar-refractivity contribution in [3.8, 4) is 0 Å². The first-order valence-electron chi connectivity index (χ1n) is 4.55. The van der Waals surface area contributed by atoms with Crippen molar-refractivity contribution in [1.29, 1.82) is 0 Å². The zero-order chi connectivity index (χ0) is 8.69. The maximum absolute atomic E-state index is 8.72. The van der Waals surface area contributed by atoms with E-state index in [9.17, 15) is 0 Å². The summed E-state index contributed by atoms with van der Waals surface area (Å²) in [7, 11) is 0. The molecule has 0 saturated heterocycles. The maximum atomic E-state index is 8.72. The standard InChI is InChI=1S/C9H21NO/c1-4-5-8(2)6-10-9(3)7-11/h8-11H,4-7H2,1-3H3. The molecule has 2 heteroatoms. The predicted molar refractivity (Wildman–Crippen MR) is 48.6 cm³/mol. The molecule has 0 aromatic rings. The van der Waals surface area contributed by atoms with Crippen LogP contribution in [-0.2, 0) is 0 Å². The van der Waals surface area contributed by atoms with Crippen molar-refractivity contribution >= 4 is 0 Å². The number of aliphatic hydroxyl groups is 1. The van der Waals surface area contributed by atoms with E-state index in [-0.39, 0.29) is 12.6 Å². The maximum Gasteiger partial charge on any atom is 0.0581 e. The molecule has 0 aliphatic heterocycles. The molecule has 68 valence electrons. The van der Waals surface area contributed by atoms with Crippen LogP contribution in [0.2, 0.25) is 0 Å². The summed E-state index contributed by atoms with van der Waals surface area (Å²) in [5.41, 5.74) is 0. The van der Waals surface area contributed by atoms with Gasteiger partial charge in [0, 0.05) is 6.04 Å². The monoisotopic (exact) mass is 159 g/mol. The molecule has 0 spiro atoms. The minimum Gasteiger partial charge on any atom is -0.395 e. The molecule has 0 aromatic carbocycles. The Balaban J connectivity index is 3.22. The lowest BCUT2D eigenvalue weighted by molar-refractivity contribution is 0.246. The molecule has 0 aromatic heterocycles. The molecule has 2 N–H and O–H groups in total. The van der Waals surface area contributed by atoms with E-state index >= 15 is 0 Å². The summed E-state index contributed by atoms with van der Waals surface area (Å²) in [4.78, 5) is 0. The van der Waals surface area contributed by atoms with Crippen LogP contribution in [0.5, 0.6) is 0 Å². The molecule has 0 heterocycles. The van der Waals surface area contributed by atoms with E-state index in [1.807, 2.05) is 6.92 Å². The molecule has 2 nitrogen and oxygen atoms in total. The van der Waals surface area contributed by atoms with Gasteiger partial charge in [-0.1, -0.05) is 20.3 Å². The molecule has 0 radical (unpaired) electrons. The Kier molecular flexibility index (Phi) is 6.57. The van der Waals surface area contributed by atoms with E-state index in [0.717, 1.165) is 12.5 Å². The van der Waals surface area contributed by atoms with Crippen LogP contribution in [0.15, 0.2) is 0 Å². The number of rotatable bonds is 6. The number of hydrogen-bond donors (Lipinski definition) is 2. The fourth-order valence-corrected chi connectivity index (χ4v) is 1.06. The molecule has 2 unspecified atom stereocenters. The van der Waals surface area contributed by atoms with Crippen molar-refractivity contribution in [1.82, 2.24) is 5.32 Å². The zero-order valence-electron chi connectivity index (χ0n) is 7.93. The predicted octanol–water partition coefficient (Wildman–Crippen LogP) is 1.39. The summed E-state index contributed by atoms with van der Waals surface area (Å²) in [5, 5.41) is 12.0. The largest absolute Gasteiger partial charge is 0.395 e. The van der Waals surface area contributed by atoms with Gasteiger partial charge in [0.15, 0.2) is 0 Å². The Bertz CT molecular complexity index is 85.6. The van der Waals surface area contributed by atoms with Crippen LogP contribution in [0, 0.1) is 5.92 Å². The van der Waals surface area contributed by atoms with E-state index in [2.05, 4.69) is 19.2 Å². The first-order chi connectivity index (χ1) is 5.20. The molecule has 0 aliphatic carbocycles. The van der Waals surface area contributed by atoms with E-state index in [1.165, 1.54) is 12.8 Å². The van der Waals surface area contributed by atoms with Gasteiger partial charge in [-0.2, -0.15) is 0 Å². The molecule has 0 fully saturated rings. The van der Waals surface area contributed by atoms with Crippen molar-refractivity contribution in [3.05, 3.63) is 0 Å². The quantitative estimate of drug-likeness (QED) is 0.614. The minimum atomic E-state index is 0.235. The fourth-order valence-electron chi connectivity index (χ4n) is 1.06. The SMILES string of the molecule is CCCC(C)CNC(C)CO. The lowest BCUT2D eigenvalue weighted by atomic mass is 10.1. The number of nitrogens with one attached hydrogen (secondary N) is 1. The topological polar surface area (TPSA) is 32.3 Å².